The van der Waals surface area contributed by atoms with Crippen molar-refractivity contribution in [3.05, 3.63) is 74.6 Å². The molecule has 1 unspecified atom stereocenters. The second-order valence-electron chi connectivity index (χ2n) is 8.01. The molecule has 1 aliphatic rings. The molecular formula is C25H27NO4. The van der Waals surface area contributed by atoms with Gasteiger partial charge < -0.3 is 14.1 Å². The Morgan fingerprint density at radius 2 is 1.90 bits per heavy atom. The van der Waals surface area contributed by atoms with Gasteiger partial charge in [0, 0.05) is 6.54 Å². The van der Waals surface area contributed by atoms with E-state index < -0.39 is 6.04 Å². The normalized spacial score (nSPS) is 15.7. The Morgan fingerprint density at radius 3 is 2.63 bits per heavy atom. The standard InChI is InChI=1S/C25H27NO4/c1-5-6-7-11-26-22(17-9-8-10-18(14-17)29-4)21-23(27)20-16(3)12-15(2)13-19(20)30-24(21)25(26)28/h8-10,12-14,22H,5-7,11H2,1-4H3. The summed E-state index contributed by atoms with van der Waals surface area (Å²) in [6.07, 6.45) is 2.95. The van der Waals surface area contributed by atoms with Crippen LogP contribution in [0.5, 0.6) is 5.75 Å². The predicted molar refractivity (Wildman–Crippen MR) is 117 cm³/mol. The number of fused-ring (bicyclic) bond motifs is 2. The molecule has 0 N–H and O–H groups in total. The molecule has 3 aromatic rings. The van der Waals surface area contributed by atoms with E-state index in [0.29, 0.717) is 28.8 Å². The van der Waals surface area contributed by atoms with Crippen LogP contribution in [0, 0.1) is 13.8 Å². The third-order valence-corrected chi connectivity index (χ3v) is 5.82. The molecule has 4 rings (SSSR count). The number of methoxy groups -OCH3 is 1. The molecule has 2 aromatic carbocycles. The van der Waals surface area contributed by atoms with E-state index in [9.17, 15) is 9.59 Å². The molecule has 30 heavy (non-hydrogen) atoms. The van der Waals surface area contributed by atoms with Crippen LogP contribution in [-0.4, -0.2) is 24.5 Å². The molecule has 2 heterocycles. The van der Waals surface area contributed by atoms with Crippen molar-refractivity contribution in [2.24, 2.45) is 0 Å². The third kappa shape index (κ3) is 3.28. The molecular weight excluding hydrogens is 378 g/mol. The van der Waals surface area contributed by atoms with E-state index in [-0.39, 0.29) is 17.1 Å². The minimum absolute atomic E-state index is 0.122. The molecule has 1 amide bonds. The van der Waals surface area contributed by atoms with Crippen molar-refractivity contribution in [3.63, 3.8) is 0 Å². The smallest absolute Gasteiger partial charge is 0.290 e. The highest BCUT2D eigenvalue weighted by molar-refractivity contribution is 5.99. The van der Waals surface area contributed by atoms with Crippen molar-refractivity contribution in [2.45, 2.75) is 46.1 Å². The quantitative estimate of drug-likeness (QED) is 0.532. The Balaban J connectivity index is 1.95. The maximum absolute atomic E-state index is 13.6. The van der Waals surface area contributed by atoms with Crippen molar-refractivity contribution in [1.82, 2.24) is 4.90 Å². The SMILES string of the molecule is CCCCCN1C(=O)c2oc3cc(C)cc(C)c3c(=O)c2C1c1cccc(OC)c1. The summed E-state index contributed by atoms with van der Waals surface area (Å²) in [5, 5.41) is 0.551. The van der Waals surface area contributed by atoms with Gasteiger partial charge >= 0.3 is 0 Å². The number of benzene rings is 2. The first-order valence-electron chi connectivity index (χ1n) is 10.5. The Hall–Kier alpha value is -3.08. The van der Waals surface area contributed by atoms with Crippen molar-refractivity contribution in [3.8, 4) is 5.75 Å². The Labute approximate surface area is 176 Å². The Morgan fingerprint density at radius 1 is 1.10 bits per heavy atom. The van der Waals surface area contributed by atoms with Gasteiger partial charge in [-0.2, -0.15) is 0 Å². The van der Waals surface area contributed by atoms with E-state index in [4.69, 9.17) is 9.15 Å². The molecule has 0 bridgehead atoms. The highest BCUT2D eigenvalue weighted by Crippen LogP contribution is 2.39. The summed E-state index contributed by atoms with van der Waals surface area (Å²) in [4.78, 5) is 28.8. The van der Waals surface area contributed by atoms with Gasteiger partial charge in [-0.05, 0) is 55.2 Å². The number of nitrogens with zero attached hydrogens (tertiary/aromatic N) is 1. The second-order valence-corrected chi connectivity index (χ2v) is 8.01. The zero-order valence-electron chi connectivity index (χ0n) is 18.0. The van der Waals surface area contributed by atoms with E-state index in [1.165, 1.54) is 0 Å². The molecule has 0 radical (unpaired) electrons. The van der Waals surface area contributed by atoms with E-state index in [1.54, 1.807) is 12.0 Å². The lowest BCUT2D eigenvalue weighted by Gasteiger charge is -2.25. The number of amides is 1. The Kier molecular flexibility index (Phi) is 5.37. The number of carbonyl (C=O) groups excluding carboxylic acids is 1. The molecule has 5 heteroatoms. The van der Waals surface area contributed by atoms with Gasteiger partial charge in [0.2, 0.25) is 5.76 Å². The van der Waals surface area contributed by atoms with Gasteiger partial charge in [-0.15, -0.1) is 0 Å². The number of unbranched alkanes of at least 4 members (excludes halogenated alkanes) is 2. The first-order valence-corrected chi connectivity index (χ1v) is 10.5. The fraction of sp³-hybridized carbons (Fsp3) is 0.360. The summed E-state index contributed by atoms with van der Waals surface area (Å²) in [6.45, 7) is 6.57. The fourth-order valence-electron chi connectivity index (χ4n) is 4.43. The first kappa shape index (κ1) is 20.2. The van der Waals surface area contributed by atoms with Gasteiger partial charge in [-0.3, -0.25) is 9.59 Å². The number of carbonyl (C=O) groups is 1. The molecule has 0 aliphatic carbocycles. The summed E-state index contributed by atoms with van der Waals surface area (Å²) in [6, 6.07) is 10.9. The van der Waals surface area contributed by atoms with Gasteiger partial charge in [0.25, 0.3) is 5.91 Å². The lowest BCUT2D eigenvalue weighted by atomic mass is 9.96. The minimum Gasteiger partial charge on any atom is -0.497 e. The van der Waals surface area contributed by atoms with Gasteiger partial charge in [-0.25, -0.2) is 0 Å². The lowest BCUT2D eigenvalue weighted by Crippen LogP contribution is -2.30. The van der Waals surface area contributed by atoms with Crippen molar-refractivity contribution in [2.75, 3.05) is 13.7 Å². The molecule has 1 aromatic heterocycles. The number of rotatable bonds is 6. The van der Waals surface area contributed by atoms with Crippen LogP contribution in [0.4, 0.5) is 0 Å². The summed E-state index contributed by atoms with van der Waals surface area (Å²) in [5.74, 6) is 0.646. The average molecular weight is 405 g/mol. The van der Waals surface area contributed by atoms with Crippen LogP contribution in [0.25, 0.3) is 11.0 Å². The van der Waals surface area contributed by atoms with E-state index in [2.05, 4.69) is 6.92 Å². The molecule has 5 nitrogen and oxygen atoms in total. The van der Waals surface area contributed by atoms with Crippen LogP contribution in [0.1, 0.15) is 65.0 Å². The van der Waals surface area contributed by atoms with Gasteiger partial charge in [0.15, 0.2) is 5.43 Å². The van der Waals surface area contributed by atoms with Crippen LogP contribution in [0.3, 0.4) is 0 Å². The van der Waals surface area contributed by atoms with Crippen LogP contribution in [0.2, 0.25) is 0 Å². The number of hydrogen-bond acceptors (Lipinski definition) is 4. The molecule has 1 atom stereocenters. The van der Waals surface area contributed by atoms with Crippen molar-refractivity contribution < 1.29 is 13.9 Å². The Bertz CT molecular complexity index is 1180. The van der Waals surface area contributed by atoms with E-state index in [1.807, 2.05) is 50.2 Å². The highest BCUT2D eigenvalue weighted by Gasteiger charge is 2.42. The molecule has 0 fully saturated rings. The topological polar surface area (TPSA) is 59.8 Å². The van der Waals surface area contributed by atoms with Crippen LogP contribution >= 0.6 is 0 Å². The molecule has 1 aliphatic heterocycles. The summed E-state index contributed by atoms with van der Waals surface area (Å²) in [5.41, 5.74) is 3.51. The zero-order valence-corrected chi connectivity index (χ0v) is 18.0. The number of hydrogen-bond donors (Lipinski definition) is 0. The average Bonchev–Trinajstić information content (AvgIpc) is 3.00. The lowest BCUT2D eigenvalue weighted by molar-refractivity contribution is 0.0724. The molecule has 0 spiro atoms. The largest absolute Gasteiger partial charge is 0.497 e. The minimum atomic E-state index is -0.471. The van der Waals surface area contributed by atoms with Gasteiger partial charge in [-0.1, -0.05) is 38.0 Å². The van der Waals surface area contributed by atoms with Crippen LogP contribution < -0.4 is 10.2 Å². The molecule has 0 saturated carbocycles. The second kappa shape index (κ2) is 7.98. The number of ether oxygens (including phenoxy) is 1. The van der Waals surface area contributed by atoms with Gasteiger partial charge in [0.05, 0.1) is 24.1 Å². The van der Waals surface area contributed by atoms with E-state index >= 15 is 0 Å². The maximum Gasteiger partial charge on any atom is 0.290 e. The number of aryl methyl sites for hydroxylation is 2. The fourth-order valence-corrected chi connectivity index (χ4v) is 4.43. The highest BCUT2D eigenvalue weighted by atomic mass is 16.5. The van der Waals surface area contributed by atoms with Crippen molar-refractivity contribution >= 4 is 16.9 Å². The predicted octanol–water partition coefficient (Wildman–Crippen LogP) is 5.15. The van der Waals surface area contributed by atoms with Crippen LogP contribution in [-0.2, 0) is 0 Å². The monoisotopic (exact) mass is 405 g/mol. The van der Waals surface area contributed by atoms with Gasteiger partial charge in [0.1, 0.15) is 11.3 Å². The first-order chi connectivity index (χ1) is 14.5. The van der Waals surface area contributed by atoms with E-state index in [0.717, 1.165) is 36.0 Å². The third-order valence-electron chi connectivity index (χ3n) is 5.82. The van der Waals surface area contributed by atoms with Crippen LogP contribution in [0.15, 0.2) is 45.6 Å². The maximum atomic E-state index is 13.6. The zero-order chi connectivity index (χ0) is 21.4. The summed E-state index contributed by atoms with van der Waals surface area (Å²) < 4.78 is 11.5. The molecule has 156 valence electrons. The summed E-state index contributed by atoms with van der Waals surface area (Å²) >= 11 is 0. The van der Waals surface area contributed by atoms with Crippen molar-refractivity contribution in [1.29, 1.82) is 0 Å². The molecule has 0 saturated heterocycles. The summed E-state index contributed by atoms with van der Waals surface area (Å²) in [7, 11) is 1.61.